The number of hydrogen-bond donors (Lipinski definition) is 1. The highest BCUT2D eigenvalue weighted by Gasteiger charge is 2.33. The van der Waals surface area contributed by atoms with Gasteiger partial charge in [-0.05, 0) is 30.7 Å². The van der Waals surface area contributed by atoms with Crippen LogP contribution in [-0.2, 0) is 0 Å². The Bertz CT molecular complexity index is 1040. The number of likely N-dealkylation sites (N-methyl/N-ethyl adjacent to an activating group) is 1. The summed E-state index contributed by atoms with van der Waals surface area (Å²) in [5.74, 6) is -0.235. The number of carbonyl (C=O) groups excluding carboxylic acids is 1. The van der Waals surface area contributed by atoms with Crippen LogP contribution in [-0.4, -0.2) is 22.2 Å². The molecule has 0 saturated heterocycles. The van der Waals surface area contributed by atoms with Crippen molar-refractivity contribution < 1.29 is 14.3 Å². The van der Waals surface area contributed by atoms with Gasteiger partial charge in [0.05, 0.1) is 4.92 Å². The van der Waals surface area contributed by atoms with Gasteiger partial charge in [-0.3, -0.25) is 14.9 Å². The van der Waals surface area contributed by atoms with Crippen molar-refractivity contribution in [2.45, 2.75) is 13.0 Å². The second-order valence-corrected chi connectivity index (χ2v) is 6.81. The summed E-state index contributed by atoms with van der Waals surface area (Å²) in [7, 11) is 0. The molecule has 0 aliphatic rings. The third kappa shape index (κ3) is 4.70. The van der Waals surface area contributed by atoms with Crippen molar-refractivity contribution in [3.05, 3.63) is 94.8 Å². The Morgan fingerprint density at radius 2 is 1.72 bits per heavy atom. The number of benzene rings is 2. The number of thiocarbonyl (C=S) groups is 1. The van der Waals surface area contributed by atoms with Crippen molar-refractivity contribution in [1.29, 1.82) is 0 Å². The lowest BCUT2D eigenvalue weighted by atomic mass is 10.0. The summed E-state index contributed by atoms with van der Waals surface area (Å²) in [5.41, 5.74) is 2.27. The van der Waals surface area contributed by atoms with Crippen molar-refractivity contribution in [3.8, 4) is 11.1 Å². The molecule has 0 radical (unpaired) electrons. The number of pyridine rings is 1. The largest absolute Gasteiger partial charge is 0.374 e. The summed E-state index contributed by atoms with van der Waals surface area (Å²) >= 11 is 5.50. The molecule has 1 aromatic heterocycles. The van der Waals surface area contributed by atoms with Gasteiger partial charge < -0.3 is 5.32 Å². The molecule has 1 heterocycles. The zero-order valence-corrected chi connectivity index (χ0v) is 16.6. The van der Waals surface area contributed by atoms with Crippen LogP contribution >= 0.6 is 12.2 Å². The summed E-state index contributed by atoms with van der Waals surface area (Å²) in [6, 6.07) is 18.5. The molecule has 1 unspecified atom stereocenters. The van der Waals surface area contributed by atoms with Crippen molar-refractivity contribution in [3.63, 3.8) is 0 Å². The normalized spacial score (nSPS) is 11.5. The van der Waals surface area contributed by atoms with Gasteiger partial charge in [-0.25, -0.2) is 0 Å². The Balaban J connectivity index is 2.00. The van der Waals surface area contributed by atoms with Gasteiger partial charge in [-0.15, -0.1) is 0 Å². The lowest BCUT2D eigenvalue weighted by molar-refractivity contribution is -0.691. The molecule has 0 spiro atoms. The molecule has 146 valence electrons. The highest BCUT2D eigenvalue weighted by atomic mass is 32.1. The third-order valence-corrected chi connectivity index (χ3v) is 4.81. The predicted molar refractivity (Wildman–Crippen MR) is 115 cm³/mol. The van der Waals surface area contributed by atoms with Gasteiger partial charge >= 0.3 is 0 Å². The first-order valence-corrected chi connectivity index (χ1v) is 9.54. The molecule has 0 bridgehead atoms. The molecule has 2 aromatic carbocycles. The van der Waals surface area contributed by atoms with Crippen molar-refractivity contribution in [2.24, 2.45) is 0 Å². The number of aromatic nitrogens is 1. The van der Waals surface area contributed by atoms with Crippen LogP contribution in [0.4, 0.5) is 5.69 Å². The Labute approximate surface area is 174 Å². The minimum Gasteiger partial charge on any atom is -0.374 e. The second-order valence-electron chi connectivity index (χ2n) is 6.37. The Morgan fingerprint density at radius 3 is 2.34 bits per heavy atom. The topological polar surface area (TPSA) is 76.1 Å². The fourth-order valence-corrected chi connectivity index (χ4v) is 3.39. The van der Waals surface area contributed by atoms with Crippen LogP contribution in [0.3, 0.4) is 0 Å². The first-order valence-electron chi connectivity index (χ1n) is 9.14. The summed E-state index contributed by atoms with van der Waals surface area (Å²) in [4.78, 5) is 24.1. The Morgan fingerprint density at radius 1 is 1.07 bits per heavy atom. The predicted octanol–water partition coefficient (Wildman–Crippen LogP) is 3.91. The maximum atomic E-state index is 13.3. The molecule has 6 nitrogen and oxygen atoms in total. The lowest BCUT2D eigenvalue weighted by Gasteiger charge is -2.14. The van der Waals surface area contributed by atoms with Crippen LogP contribution in [0, 0.1) is 10.1 Å². The molecule has 0 saturated carbocycles. The van der Waals surface area contributed by atoms with E-state index in [1.807, 2.05) is 55.6 Å². The van der Waals surface area contributed by atoms with E-state index in [1.54, 1.807) is 10.8 Å². The second kappa shape index (κ2) is 9.16. The van der Waals surface area contributed by atoms with E-state index in [0.29, 0.717) is 17.1 Å². The van der Waals surface area contributed by atoms with E-state index in [0.717, 1.165) is 11.1 Å². The zero-order valence-electron chi connectivity index (χ0n) is 15.8. The van der Waals surface area contributed by atoms with Gasteiger partial charge in [0.25, 0.3) is 11.7 Å². The minimum atomic E-state index is -0.755. The average molecular weight is 406 g/mol. The number of nitrogens with one attached hydrogen (secondary N) is 1. The summed E-state index contributed by atoms with van der Waals surface area (Å²) in [6.07, 6.45) is 3.68. The number of ketones is 1. The standard InChI is InChI=1S/C22H19N3O3S/c1-2-23-22(29)20(21(26)17-10-12-19(13-11-17)25(27)28)24-14-6-9-18(15-24)16-7-4-3-5-8-16/h3-15,20H,2H2,1H3/p+1. The molecule has 0 aliphatic heterocycles. The van der Waals surface area contributed by atoms with Gasteiger partial charge in [-0.1, -0.05) is 42.5 Å². The highest BCUT2D eigenvalue weighted by Crippen LogP contribution is 2.19. The number of carbonyl (C=O) groups is 1. The average Bonchev–Trinajstić information content (AvgIpc) is 2.75. The van der Waals surface area contributed by atoms with Crippen LogP contribution < -0.4 is 9.88 Å². The highest BCUT2D eigenvalue weighted by molar-refractivity contribution is 7.80. The van der Waals surface area contributed by atoms with Gasteiger partial charge in [0.15, 0.2) is 17.4 Å². The molecule has 1 N–H and O–H groups in total. The first-order chi connectivity index (χ1) is 14.0. The van der Waals surface area contributed by atoms with E-state index in [1.165, 1.54) is 24.3 Å². The van der Waals surface area contributed by atoms with E-state index < -0.39 is 11.0 Å². The molecule has 29 heavy (non-hydrogen) atoms. The fourth-order valence-electron chi connectivity index (χ4n) is 3.02. The molecule has 0 fully saturated rings. The summed E-state index contributed by atoms with van der Waals surface area (Å²) < 4.78 is 1.77. The zero-order chi connectivity index (χ0) is 20.8. The molecule has 3 aromatic rings. The van der Waals surface area contributed by atoms with Gasteiger partial charge in [-0.2, -0.15) is 4.57 Å². The number of nitrogens with zero attached hydrogens (tertiary/aromatic N) is 2. The van der Waals surface area contributed by atoms with Crippen LogP contribution in [0.25, 0.3) is 11.1 Å². The van der Waals surface area contributed by atoms with Crippen LogP contribution in [0.15, 0.2) is 79.1 Å². The number of rotatable bonds is 7. The maximum absolute atomic E-state index is 13.3. The quantitative estimate of drug-likeness (QED) is 0.212. The fraction of sp³-hybridized carbons (Fsp3) is 0.136. The van der Waals surface area contributed by atoms with Crippen molar-refractivity contribution in [1.82, 2.24) is 5.32 Å². The molecule has 1 atom stereocenters. The number of hydrogen-bond acceptors (Lipinski definition) is 4. The van der Waals surface area contributed by atoms with E-state index in [9.17, 15) is 14.9 Å². The van der Waals surface area contributed by atoms with E-state index in [4.69, 9.17) is 12.2 Å². The van der Waals surface area contributed by atoms with E-state index in [-0.39, 0.29) is 11.5 Å². The first kappa shape index (κ1) is 20.3. The number of nitro groups is 1. The van der Waals surface area contributed by atoms with Gasteiger partial charge in [0, 0.05) is 35.9 Å². The maximum Gasteiger partial charge on any atom is 0.270 e. The van der Waals surface area contributed by atoms with Gasteiger partial charge in [0.1, 0.15) is 0 Å². The molecule has 3 rings (SSSR count). The van der Waals surface area contributed by atoms with E-state index >= 15 is 0 Å². The van der Waals surface area contributed by atoms with Crippen LogP contribution in [0.1, 0.15) is 23.3 Å². The van der Waals surface area contributed by atoms with Crippen molar-refractivity contribution in [2.75, 3.05) is 6.54 Å². The molecule has 0 amide bonds. The molecule has 7 heteroatoms. The molecular weight excluding hydrogens is 386 g/mol. The number of non-ortho nitro benzene ring substituents is 1. The Kier molecular flexibility index (Phi) is 6.41. The SMILES string of the molecule is CCNC(=S)C(C(=O)c1ccc([N+](=O)[O-])cc1)[n+]1cccc(-c2ccccc2)c1. The lowest BCUT2D eigenvalue weighted by Crippen LogP contribution is -2.51. The van der Waals surface area contributed by atoms with Crippen LogP contribution in [0.5, 0.6) is 0 Å². The third-order valence-electron chi connectivity index (χ3n) is 4.44. The molecule has 0 aliphatic carbocycles. The monoisotopic (exact) mass is 406 g/mol. The Hall–Kier alpha value is -3.45. The molecular formula is C22H20N3O3S+. The minimum absolute atomic E-state index is 0.0638. The van der Waals surface area contributed by atoms with E-state index in [2.05, 4.69) is 5.32 Å². The van der Waals surface area contributed by atoms with Crippen LogP contribution in [0.2, 0.25) is 0 Å². The van der Waals surface area contributed by atoms with Crippen molar-refractivity contribution >= 4 is 28.7 Å². The summed E-state index contributed by atoms with van der Waals surface area (Å²) in [5, 5.41) is 14.0. The van der Waals surface area contributed by atoms with Gasteiger partial charge in [0.2, 0.25) is 5.78 Å². The summed E-state index contributed by atoms with van der Waals surface area (Å²) in [6.45, 7) is 2.49. The number of Topliss-reactive ketones (excluding diaryl/α,β-unsaturated/α-hetero) is 1. The number of nitro benzene ring substituents is 1. The smallest absolute Gasteiger partial charge is 0.270 e.